The summed E-state index contributed by atoms with van der Waals surface area (Å²) in [6.45, 7) is 8.26. The maximum Gasteiger partial charge on any atom is 0.261 e. The van der Waals surface area contributed by atoms with Crippen molar-refractivity contribution in [3.05, 3.63) is 64.7 Å². The lowest BCUT2D eigenvalue weighted by Gasteiger charge is -2.28. The third kappa shape index (κ3) is 6.50. The molecule has 1 N–H and O–H groups in total. The van der Waals surface area contributed by atoms with E-state index in [0.717, 1.165) is 5.56 Å². The molecule has 0 heterocycles. The quantitative estimate of drug-likeness (QED) is 0.736. The molecule has 6 heteroatoms. The summed E-state index contributed by atoms with van der Waals surface area (Å²) < 4.78 is 5.69. The van der Waals surface area contributed by atoms with Gasteiger partial charge in [-0.1, -0.05) is 56.6 Å². The number of amides is 2. The predicted molar refractivity (Wildman–Crippen MR) is 116 cm³/mol. The van der Waals surface area contributed by atoms with Gasteiger partial charge in [0.25, 0.3) is 5.91 Å². The largest absolute Gasteiger partial charge is 0.484 e. The lowest BCUT2D eigenvalue weighted by atomic mass is 9.87. The molecular weight excluding hydrogens is 388 g/mol. The minimum absolute atomic E-state index is 0.0483. The number of hydrogen-bond donors (Lipinski definition) is 1. The number of rotatable bonds is 7. The average Bonchev–Trinajstić information content (AvgIpc) is 2.70. The van der Waals surface area contributed by atoms with E-state index >= 15 is 0 Å². The van der Waals surface area contributed by atoms with Crippen LogP contribution in [0.1, 0.15) is 38.8 Å². The highest BCUT2D eigenvalue weighted by atomic mass is 35.5. The minimum Gasteiger partial charge on any atom is -0.484 e. The van der Waals surface area contributed by atoms with Crippen LogP contribution < -0.4 is 10.1 Å². The average molecular weight is 417 g/mol. The van der Waals surface area contributed by atoms with Crippen LogP contribution in [0.4, 0.5) is 0 Å². The molecule has 0 fully saturated rings. The van der Waals surface area contributed by atoms with E-state index in [2.05, 4.69) is 26.1 Å². The van der Waals surface area contributed by atoms with Crippen LogP contribution in [0.25, 0.3) is 0 Å². The number of nitrogens with one attached hydrogen (secondary N) is 1. The molecule has 156 valence electrons. The fraction of sp³-hybridized carbons (Fsp3) is 0.391. The van der Waals surface area contributed by atoms with Crippen molar-refractivity contribution in [1.82, 2.24) is 10.2 Å². The Hall–Kier alpha value is -2.53. The van der Waals surface area contributed by atoms with Crippen molar-refractivity contribution < 1.29 is 14.3 Å². The zero-order valence-corrected chi connectivity index (χ0v) is 18.4. The number of likely N-dealkylation sites (N-methyl/N-ethyl adjacent to an activating group) is 1. The monoisotopic (exact) mass is 416 g/mol. The Morgan fingerprint density at radius 3 is 2.17 bits per heavy atom. The molecule has 0 aromatic heterocycles. The molecule has 0 saturated heterocycles. The number of carbonyl (C=O) groups excluding carboxylic acids is 2. The van der Waals surface area contributed by atoms with Crippen LogP contribution >= 0.6 is 11.6 Å². The highest BCUT2D eigenvalue weighted by Crippen LogP contribution is 2.24. The summed E-state index contributed by atoms with van der Waals surface area (Å²) in [4.78, 5) is 26.5. The Kier molecular flexibility index (Phi) is 7.68. The van der Waals surface area contributed by atoms with E-state index in [4.69, 9.17) is 16.3 Å². The van der Waals surface area contributed by atoms with E-state index in [0.29, 0.717) is 10.8 Å². The van der Waals surface area contributed by atoms with Crippen LogP contribution in [0, 0.1) is 0 Å². The fourth-order valence-corrected chi connectivity index (χ4v) is 2.98. The molecule has 5 nitrogen and oxygen atoms in total. The number of halogens is 1. The first kappa shape index (κ1) is 22.8. The predicted octanol–water partition coefficient (Wildman–Crippen LogP) is 4.18. The third-order valence-corrected chi connectivity index (χ3v) is 5.01. The first-order chi connectivity index (χ1) is 13.6. The van der Waals surface area contributed by atoms with Crippen molar-refractivity contribution in [3.8, 4) is 5.75 Å². The maximum absolute atomic E-state index is 12.9. The number of hydrogen-bond acceptors (Lipinski definition) is 3. The number of ether oxygens (including phenoxy) is 1. The molecule has 2 rings (SSSR count). The first-order valence-corrected chi connectivity index (χ1v) is 9.98. The Labute approximate surface area is 178 Å². The molecule has 2 aromatic carbocycles. The summed E-state index contributed by atoms with van der Waals surface area (Å²) in [5.74, 6) is 0.114. The van der Waals surface area contributed by atoms with Gasteiger partial charge in [0.1, 0.15) is 11.8 Å². The van der Waals surface area contributed by atoms with Crippen molar-refractivity contribution in [2.24, 2.45) is 0 Å². The van der Waals surface area contributed by atoms with E-state index < -0.39 is 6.04 Å². The molecule has 0 radical (unpaired) electrons. The van der Waals surface area contributed by atoms with Crippen LogP contribution in [-0.2, 0) is 21.5 Å². The van der Waals surface area contributed by atoms with Crippen molar-refractivity contribution in [2.45, 2.75) is 45.7 Å². The van der Waals surface area contributed by atoms with Gasteiger partial charge in [-0.25, -0.2) is 0 Å². The molecular formula is C23H29ClN2O3. The molecule has 29 heavy (non-hydrogen) atoms. The molecule has 0 aliphatic rings. The van der Waals surface area contributed by atoms with Crippen molar-refractivity contribution in [3.63, 3.8) is 0 Å². The number of carbonyl (C=O) groups is 2. The standard InChI is InChI=1S/C23H29ClN2O3/c1-16(22(28)25-5)26(14-17-6-10-19(24)11-7-17)21(27)15-29-20-12-8-18(9-13-20)23(2,3)4/h6-13,16H,14-15H2,1-5H3,(H,25,28)/t16-/m1/s1. The molecule has 0 spiro atoms. The van der Waals surface area contributed by atoms with Crippen LogP contribution in [-0.4, -0.2) is 36.4 Å². The van der Waals surface area contributed by atoms with Crippen molar-refractivity contribution in [2.75, 3.05) is 13.7 Å². The second-order valence-corrected chi connectivity index (χ2v) is 8.44. The first-order valence-electron chi connectivity index (χ1n) is 9.60. The Balaban J connectivity index is 2.10. The minimum atomic E-state index is -0.630. The van der Waals surface area contributed by atoms with Gasteiger partial charge in [0.15, 0.2) is 6.61 Å². The summed E-state index contributed by atoms with van der Waals surface area (Å²) in [6, 6.07) is 14.3. The van der Waals surface area contributed by atoms with E-state index in [1.54, 1.807) is 26.1 Å². The van der Waals surface area contributed by atoms with Gasteiger partial charge in [-0.05, 0) is 47.7 Å². The number of nitrogens with zero attached hydrogens (tertiary/aromatic N) is 1. The van der Waals surface area contributed by atoms with E-state index in [-0.39, 0.29) is 30.4 Å². The van der Waals surface area contributed by atoms with Crippen LogP contribution in [0.2, 0.25) is 5.02 Å². The lowest BCUT2D eigenvalue weighted by molar-refractivity contribution is -0.142. The van der Waals surface area contributed by atoms with E-state index in [9.17, 15) is 9.59 Å². The summed E-state index contributed by atoms with van der Waals surface area (Å²) in [5, 5.41) is 3.21. The summed E-state index contributed by atoms with van der Waals surface area (Å²) in [6.07, 6.45) is 0. The topological polar surface area (TPSA) is 58.6 Å². The van der Waals surface area contributed by atoms with Crippen molar-refractivity contribution >= 4 is 23.4 Å². The Bertz CT molecular complexity index is 827. The van der Waals surface area contributed by atoms with Gasteiger partial charge < -0.3 is 15.0 Å². The van der Waals surface area contributed by atoms with E-state index in [1.165, 1.54) is 10.5 Å². The highest BCUT2D eigenvalue weighted by Gasteiger charge is 2.26. The second-order valence-electron chi connectivity index (χ2n) is 8.00. The summed E-state index contributed by atoms with van der Waals surface area (Å²) in [7, 11) is 1.55. The highest BCUT2D eigenvalue weighted by molar-refractivity contribution is 6.30. The van der Waals surface area contributed by atoms with Gasteiger partial charge in [0.2, 0.25) is 5.91 Å². The Morgan fingerprint density at radius 1 is 1.07 bits per heavy atom. The molecule has 1 atom stereocenters. The van der Waals surface area contributed by atoms with Gasteiger partial charge in [0.05, 0.1) is 0 Å². The molecule has 0 aliphatic carbocycles. The zero-order chi connectivity index (χ0) is 21.6. The SMILES string of the molecule is CNC(=O)[C@@H](C)N(Cc1ccc(Cl)cc1)C(=O)COc1ccc(C(C)(C)C)cc1. The van der Waals surface area contributed by atoms with Gasteiger partial charge in [0, 0.05) is 18.6 Å². The molecule has 0 unspecified atom stereocenters. The van der Waals surface area contributed by atoms with Gasteiger partial charge >= 0.3 is 0 Å². The van der Waals surface area contributed by atoms with Crippen molar-refractivity contribution in [1.29, 1.82) is 0 Å². The van der Waals surface area contributed by atoms with Gasteiger partial charge in [-0.2, -0.15) is 0 Å². The van der Waals surface area contributed by atoms with Crippen LogP contribution in [0.15, 0.2) is 48.5 Å². The molecule has 0 aliphatic heterocycles. The smallest absolute Gasteiger partial charge is 0.261 e. The van der Waals surface area contributed by atoms with Crippen LogP contribution in [0.5, 0.6) is 5.75 Å². The Morgan fingerprint density at radius 2 is 1.66 bits per heavy atom. The summed E-state index contributed by atoms with van der Waals surface area (Å²) in [5.41, 5.74) is 2.12. The van der Waals surface area contributed by atoms with Gasteiger partial charge in [-0.3, -0.25) is 9.59 Å². The molecule has 0 bridgehead atoms. The molecule has 0 saturated carbocycles. The van der Waals surface area contributed by atoms with E-state index in [1.807, 2.05) is 36.4 Å². The normalized spacial score (nSPS) is 12.2. The fourth-order valence-electron chi connectivity index (χ4n) is 2.86. The molecule has 2 aromatic rings. The maximum atomic E-state index is 12.9. The summed E-state index contributed by atoms with van der Waals surface area (Å²) >= 11 is 5.94. The molecule has 2 amide bonds. The van der Waals surface area contributed by atoms with Gasteiger partial charge in [-0.15, -0.1) is 0 Å². The van der Waals surface area contributed by atoms with Crippen LogP contribution in [0.3, 0.4) is 0 Å². The lowest BCUT2D eigenvalue weighted by Crippen LogP contribution is -2.48. The number of benzene rings is 2. The second kappa shape index (κ2) is 9.79. The third-order valence-electron chi connectivity index (χ3n) is 4.76. The zero-order valence-electron chi connectivity index (χ0n) is 17.7.